The van der Waals surface area contributed by atoms with E-state index in [-0.39, 0.29) is 5.75 Å². The Morgan fingerprint density at radius 3 is 3.05 bits per heavy atom. The molecule has 0 aromatic heterocycles. The van der Waals surface area contributed by atoms with Gasteiger partial charge in [0.25, 0.3) is 0 Å². The van der Waals surface area contributed by atoms with Crippen LogP contribution in [-0.2, 0) is 6.54 Å². The van der Waals surface area contributed by atoms with E-state index < -0.39 is 0 Å². The summed E-state index contributed by atoms with van der Waals surface area (Å²) >= 11 is 2.08. The molecular formula is C15H23NO2S. The highest BCUT2D eigenvalue weighted by Gasteiger charge is 2.13. The number of hydrogen-bond acceptors (Lipinski definition) is 4. The highest BCUT2D eigenvalue weighted by molar-refractivity contribution is 7.99. The van der Waals surface area contributed by atoms with Crippen molar-refractivity contribution in [3.05, 3.63) is 23.8 Å². The molecule has 1 aromatic rings. The second-order valence-electron chi connectivity index (χ2n) is 4.85. The Balaban J connectivity index is 1.80. The van der Waals surface area contributed by atoms with Gasteiger partial charge in [0.1, 0.15) is 0 Å². The zero-order valence-corrected chi connectivity index (χ0v) is 12.3. The van der Waals surface area contributed by atoms with Crippen molar-refractivity contribution >= 4 is 11.8 Å². The lowest BCUT2D eigenvalue weighted by Gasteiger charge is -2.21. The van der Waals surface area contributed by atoms with Crippen LogP contribution in [0.15, 0.2) is 18.2 Å². The number of ether oxygens (including phenoxy) is 1. The van der Waals surface area contributed by atoms with Crippen molar-refractivity contribution in [1.29, 1.82) is 0 Å². The quantitative estimate of drug-likeness (QED) is 0.840. The van der Waals surface area contributed by atoms with Crippen LogP contribution >= 0.6 is 11.8 Å². The molecule has 1 unspecified atom stereocenters. The molecule has 0 saturated carbocycles. The van der Waals surface area contributed by atoms with Gasteiger partial charge in [0.15, 0.2) is 11.5 Å². The lowest BCUT2D eigenvalue weighted by molar-refractivity contribution is 0.317. The molecule has 19 heavy (non-hydrogen) atoms. The zero-order valence-electron chi connectivity index (χ0n) is 11.5. The van der Waals surface area contributed by atoms with Gasteiger partial charge in [-0.2, -0.15) is 11.8 Å². The van der Waals surface area contributed by atoms with E-state index >= 15 is 0 Å². The van der Waals surface area contributed by atoms with Gasteiger partial charge in [-0.1, -0.05) is 12.5 Å². The average Bonchev–Trinajstić information content (AvgIpc) is 2.44. The monoisotopic (exact) mass is 281 g/mol. The largest absolute Gasteiger partial charge is 0.504 e. The standard InChI is InChI=1S/C15H23NO2S/c1-2-18-15-9-12(6-7-14(15)17)10-16-11-13-5-3-4-8-19-13/h6-7,9,13,16-17H,2-5,8,10-11H2,1H3. The topological polar surface area (TPSA) is 41.5 Å². The number of nitrogens with one attached hydrogen (secondary N) is 1. The van der Waals surface area contributed by atoms with E-state index in [4.69, 9.17) is 4.74 Å². The highest BCUT2D eigenvalue weighted by atomic mass is 32.2. The summed E-state index contributed by atoms with van der Waals surface area (Å²) in [6.07, 6.45) is 4.07. The predicted molar refractivity (Wildman–Crippen MR) is 81.1 cm³/mol. The van der Waals surface area contributed by atoms with Gasteiger partial charge in [0.2, 0.25) is 0 Å². The first-order valence-corrected chi connectivity index (χ1v) is 8.11. The molecule has 0 bridgehead atoms. The van der Waals surface area contributed by atoms with Gasteiger partial charge < -0.3 is 15.2 Å². The van der Waals surface area contributed by atoms with E-state index in [0.717, 1.165) is 23.9 Å². The number of thioether (sulfide) groups is 1. The minimum atomic E-state index is 0.216. The van der Waals surface area contributed by atoms with E-state index in [1.807, 2.05) is 19.1 Å². The van der Waals surface area contributed by atoms with E-state index in [0.29, 0.717) is 12.4 Å². The number of phenolic OH excluding ortho intramolecular Hbond substituents is 1. The lowest BCUT2D eigenvalue weighted by atomic mass is 10.1. The van der Waals surface area contributed by atoms with Gasteiger partial charge in [-0.15, -0.1) is 0 Å². The molecule has 0 spiro atoms. The predicted octanol–water partition coefficient (Wildman–Crippen LogP) is 3.17. The summed E-state index contributed by atoms with van der Waals surface area (Å²) in [6, 6.07) is 5.57. The van der Waals surface area contributed by atoms with Crippen molar-refractivity contribution in [2.45, 2.75) is 38.0 Å². The molecule has 1 aromatic carbocycles. The minimum Gasteiger partial charge on any atom is -0.504 e. The number of aromatic hydroxyl groups is 1. The summed E-state index contributed by atoms with van der Waals surface area (Å²) < 4.78 is 5.39. The van der Waals surface area contributed by atoms with Crippen LogP contribution in [0.3, 0.4) is 0 Å². The van der Waals surface area contributed by atoms with E-state index in [2.05, 4.69) is 17.1 Å². The molecule has 4 heteroatoms. The molecule has 3 nitrogen and oxygen atoms in total. The molecule has 2 rings (SSSR count). The smallest absolute Gasteiger partial charge is 0.161 e. The van der Waals surface area contributed by atoms with Gasteiger partial charge >= 0.3 is 0 Å². The molecule has 1 atom stereocenters. The maximum atomic E-state index is 9.65. The molecule has 0 aliphatic carbocycles. The van der Waals surface area contributed by atoms with Gasteiger partial charge in [-0.05, 0) is 43.2 Å². The fourth-order valence-electron chi connectivity index (χ4n) is 2.29. The van der Waals surface area contributed by atoms with Crippen LogP contribution in [0.1, 0.15) is 31.7 Å². The lowest BCUT2D eigenvalue weighted by Crippen LogP contribution is -2.26. The Morgan fingerprint density at radius 1 is 1.42 bits per heavy atom. The molecule has 0 radical (unpaired) electrons. The first-order valence-electron chi connectivity index (χ1n) is 7.06. The normalized spacial score (nSPS) is 19.3. The van der Waals surface area contributed by atoms with Crippen molar-refractivity contribution in [2.24, 2.45) is 0 Å². The maximum Gasteiger partial charge on any atom is 0.161 e. The Bertz CT molecular complexity index is 392. The van der Waals surface area contributed by atoms with Gasteiger partial charge in [0.05, 0.1) is 6.61 Å². The average molecular weight is 281 g/mol. The van der Waals surface area contributed by atoms with Crippen molar-refractivity contribution in [3.63, 3.8) is 0 Å². The second kappa shape index (κ2) is 7.65. The Labute approximate surface area is 119 Å². The molecule has 106 valence electrons. The number of rotatable bonds is 6. The first-order chi connectivity index (χ1) is 9.29. The molecule has 1 aliphatic heterocycles. The van der Waals surface area contributed by atoms with Crippen LogP contribution < -0.4 is 10.1 Å². The minimum absolute atomic E-state index is 0.216. The van der Waals surface area contributed by atoms with Gasteiger partial charge in [-0.3, -0.25) is 0 Å². The van der Waals surface area contributed by atoms with Crippen LogP contribution in [0.2, 0.25) is 0 Å². The van der Waals surface area contributed by atoms with Crippen molar-refractivity contribution in [2.75, 3.05) is 18.9 Å². The zero-order chi connectivity index (χ0) is 13.5. The van der Waals surface area contributed by atoms with Crippen LogP contribution in [0.5, 0.6) is 11.5 Å². The summed E-state index contributed by atoms with van der Waals surface area (Å²) in [5, 5.41) is 13.9. The summed E-state index contributed by atoms with van der Waals surface area (Å²) in [4.78, 5) is 0. The third-order valence-corrected chi connectivity index (χ3v) is 4.70. The summed E-state index contributed by atoms with van der Waals surface area (Å²) in [7, 11) is 0. The molecule has 0 amide bonds. The SMILES string of the molecule is CCOc1cc(CNCC2CCCCS2)ccc1O. The maximum absolute atomic E-state index is 9.65. The summed E-state index contributed by atoms with van der Waals surface area (Å²) in [6.45, 7) is 4.39. The summed E-state index contributed by atoms with van der Waals surface area (Å²) in [5.74, 6) is 2.10. The summed E-state index contributed by atoms with van der Waals surface area (Å²) in [5.41, 5.74) is 1.15. The second-order valence-corrected chi connectivity index (χ2v) is 6.26. The number of hydrogen-bond donors (Lipinski definition) is 2. The van der Waals surface area contributed by atoms with Crippen molar-refractivity contribution in [3.8, 4) is 11.5 Å². The van der Waals surface area contributed by atoms with Crippen LogP contribution in [0, 0.1) is 0 Å². The number of benzene rings is 1. The third-order valence-electron chi connectivity index (χ3n) is 3.30. The fourth-order valence-corrected chi connectivity index (χ4v) is 3.56. The van der Waals surface area contributed by atoms with Crippen LogP contribution in [0.25, 0.3) is 0 Å². The third kappa shape index (κ3) is 4.62. The Kier molecular flexibility index (Phi) is 5.86. The van der Waals surface area contributed by atoms with Crippen LogP contribution in [0.4, 0.5) is 0 Å². The van der Waals surface area contributed by atoms with E-state index in [1.54, 1.807) is 6.07 Å². The molecule has 1 aliphatic rings. The Hall–Kier alpha value is -0.870. The van der Waals surface area contributed by atoms with Crippen molar-refractivity contribution < 1.29 is 9.84 Å². The van der Waals surface area contributed by atoms with Gasteiger partial charge in [0, 0.05) is 18.3 Å². The van der Waals surface area contributed by atoms with Crippen molar-refractivity contribution in [1.82, 2.24) is 5.32 Å². The molecule has 2 N–H and O–H groups in total. The van der Waals surface area contributed by atoms with Crippen LogP contribution in [-0.4, -0.2) is 29.3 Å². The number of phenols is 1. The highest BCUT2D eigenvalue weighted by Crippen LogP contribution is 2.27. The Morgan fingerprint density at radius 2 is 2.32 bits per heavy atom. The molecule has 1 fully saturated rings. The van der Waals surface area contributed by atoms with E-state index in [1.165, 1.54) is 25.0 Å². The van der Waals surface area contributed by atoms with Gasteiger partial charge in [-0.25, -0.2) is 0 Å². The molecular weight excluding hydrogens is 258 g/mol. The fraction of sp³-hybridized carbons (Fsp3) is 0.600. The molecule has 1 saturated heterocycles. The van der Waals surface area contributed by atoms with E-state index in [9.17, 15) is 5.11 Å². The molecule has 1 heterocycles. The first kappa shape index (κ1) is 14.5.